The molecule has 1 aliphatic carbocycles. The van der Waals surface area contributed by atoms with Gasteiger partial charge in [0.1, 0.15) is 5.76 Å². The number of nitrogens with zero attached hydrogens (tertiary/aromatic N) is 1. The van der Waals surface area contributed by atoms with E-state index in [0.717, 1.165) is 43.3 Å². The van der Waals surface area contributed by atoms with Crippen molar-refractivity contribution in [1.29, 1.82) is 0 Å². The third-order valence-corrected chi connectivity index (χ3v) is 4.29. The maximum Gasteiger partial charge on any atom is 0.105 e. The molecule has 1 saturated carbocycles. The summed E-state index contributed by atoms with van der Waals surface area (Å²) in [7, 11) is 2.24. The van der Waals surface area contributed by atoms with Gasteiger partial charge in [-0.3, -0.25) is 4.90 Å². The Kier molecular flexibility index (Phi) is 5.06. The molecule has 0 bridgehead atoms. The predicted molar refractivity (Wildman–Crippen MR) is 79.1 cm³/mol. The average molecular weight is 264 g/mol. The highest BCUT2D eigenvalue weighted by Gasteiger charge is 2.33. The first-order valence-electron chi connectivity index (χ1n) is 7.52. The highest BCUT2D eigenvalue weighted by Crippen LogP contribution is 2.32. The van der Waals surface area contributed by atoms with Crippen LogP contribution in [0.15, 0.2) is 16.7 Å². The molecule has 2 unspecified atom stereocenters. The van der Waals surface area contributed by atoms with Gasteiger partial charge in [0, 0.05) is 18.2 Å². The Hall–Kier alpha value is -0.800. The van der Waals surface area contributed by atoms with Gasteiger partial charge in [0.05, 0.1) is 6.26 Å². The number of aryl methyl sites for hydroxylation is 1. The van der Waals surface area contributed by atoms with Gasteiger partial charge < -0.3 is 9.73 Å². The zero-order chi connectivity index (χ0) is 13.8. The summed E-state index contributed by atoms with van der Waals surface area (Å²) in [6.45, 7) is 9.88. The lowest BCUT2D eigenvalue weighted by atomic mass is 9.78. The van der Waals surface area contributed by atoms with E-state index in [2.05, 4.69) is 37.2 Å². The van der Waals surface area contributed by atoms with Gasteiger partial charge in [0.2, 0.25) is 0 Å². The van der Waals surface area contributed by atoms with Crippen LogP contribution in [0.2, 0.25) is 0 Å². The van der Waals surface area contributed by atoms with Crippen LogP contribution in [0.5, 0.6) is 0 Å². The normalized spacial score (nSPS) is 23.1. The molecule has 0 aliphatic heterocycles. The molecule has 0 spiro atoms. The van der Waals surface area contributed by atoms with Crippen molar-refractivity contribution in [2.45, 2.75) is 46.2 Å². The van der Waals surface area contributed by atoms with Crippen LogP contribution in [0, 0.1) is 18.8 Å². The van der Waals surface area contributed by atoms with Crippen LogP contribution in [0.25, 0.3) is 0 Å². The van der Waals surface area contributed by atoms with Crippen molar-refractivity contribution in [2.75, 3.05) is 20.1 Å². The third-order valence-electron chi connectivity index (χ3n) is 4.29. The lowest BCUT2D eigenvalue weighted by Crippen LogP contribution is -2.48. The van der Waals surface area contributed by atoms with Crippen molar-refractivity contribution in [3.8, 4) is 0 Å². The quantitative estimate of drug-likeness (QED) is 0.820. The van der Waals surface area contributed by atoms with Gasteiger partial charge in [-0.15, -0.1) is 0 Å². The molecular formula is C16H28N2O. The van der Waals surface area contributed by atoms with E-state index in [0.29, 0.717) is 0 Å². The van der Waals surface area contributed by atoms with Crippen molar-refractivity contribution in [2.24, 2.45) is 11.8 Å². The van der Waals surface area contributed by atoms with E-state index in [9.17, 15) is 0 Å². The summed E-state index contributed by atoms with van der Waals surface area (Å²) < 4.78 is 5.38. The molecule has 1 aromatic rings. The molecule has 0 radical (unpaired) electrons. The predicted octanol–water partition coefficient (Wildman–Crippen LogP) is 3.04. The first kappa shape index (κ1) is 14.6. The fourth-order valence-corrected chi connectivity index (χ4v) is 2.89. The molecule has 0 amide bonds. The zero-order valence-corrected chi connectivity index (χ0v) is 12.8. The van der Waals surface area contributed by atoms with Gasteiger partial charge >= 0.3 is 0 Å². The van der Waals surface area contributed by atoms with E-state index in [1.165, 1.54) is 18.4 Å². The van der Waals surface area contributed by atoms with Gasteiger partial charge in [-0.25, -0.2) is 0 Å². The van der Waals surface area contributed by atoms with Crippen molar-refractivity contribution >= 4 is 0 Å². The molecule has 108 valence electrons. The van der Waals surface area contributed by atoms with Crippen LogP contribution in [-0.2, 0) is 6.54 Å². The number of nitrogens with one attached hydrogen (secondary N) is 1. The molecule has 1 aromatic heterocycles. The fraction of sp³-hybridized carbons (Fsp3) is 0.750. The van der Waals surface area contributed by atoms with E-state index in [4.69, 9.17) is 4.42 Å². The minimum absolute atomic E-state index is 0.731. The number of furan rings is 1. The molecule has 3 nitrogen and oxygen atoms in total. The lowest BCUT2D eigenvalue weighted by Gasteiger charge is -2.43. The molecule has 19 heavy (non-hydrogen) atoms. The van der Waals surface area contributed by atoms with E-state index < -0.39 is 0 Å². The maximum absolute atomic E-state index is 5.38. The van der Waals surface area contributed by atoms with E-state index >= 15 is 0 Å². The molecule has 1 N–H and O–H groups in total. The molecule has 0 aromatic carbocycles. The summed E-state index contributed by atoms with van der Waals surface area (Å²) in [4.78, 5) is 2.49. The third kappa shape index (κ3) is 3.83. The molecule has 2 rings (SSSR count). The van der Waals surface area contributed by atoms with Crippen LogP contribution >= 0.6 is 0 Å². The Morgan fingerprint density at radius 1 is 1.42 bits per heavy atom. The van der Waals surface area contributed by atoms with Crippen molar-refractivity contribution < 1.29 is 4.42 Å². The first-order valence-corrected chi connectivity index (χ1v) is 7.52. The summed E-state index contributed by atoms with van der Waals surface area (Å²) in [5.74, 6) is 2.61. The second kappa shape index (κ2) is 6.58. The average Bonchev–Trinajstić information content (AvgIpc) is 2.68. The summed E-state index contributed by atoms with van der Waals surface area (Å²) in [5.41, 5.74) is 1.32. The summed E-state index contributed by atoms with van der Waals surface area (Å²) in [5, 5.41) is 3.60. The molecule has 3 heteroatoms. The van der Waals surface area contributed by atoms with Gasteiger partial charge in [0.15, 0.2) is 0 Å². The fourth-order valence-electron chi connectivity index (χ4n) is 2.89. The van der Waals surface area contributed by atoms with Crippen LogP contribution < -0.4 is 5.32 Å². The van der Waals surface area contributed by atoms with Gasteiger partial charge in [0.25, 0.3) is 0 Å². The SMILES string of the molecule is Cc1occc1CN(C)C1CCC1CNCC(C)C. The van der Waals surface area contributed by atoms with Crippen molar-refractivity contribution in [3.05, 3.63) is 23.7 Å². The van der Waals surface area contributed by atoms with Crippen LogP contribution in [0.4, 0.5) is 0 Å². The van der Waals surface area contributed by atoms with E-state index in [1.54, 1.807) is 6.26 Å². The monoisotopic (exact) mass is 264 g/mol. The minimum atomic E-state index is 0.731. The topological polar surface area (TPSA) is 28.4 Å². The largest absolute Gasteiger partial charge is 0.469 e. The molecule has 1 fully saturated rings. The highest BCUT2D eigenvalue weighted by atomic mass is 16.3. The smallest absolute Gasteiger partial charge is 0.105 e. The standard InChI is InChI=1S/C16H28N2O/c1-12(2)9-17-10-14-5-6-16(14)18(4)11-15-7-8-19-13(15)3/h7-8,12,14,16-17H,5-6,9-11H2,1-4H3. The molecule has 2 atom stereocenters. The minimum Gasteiger partial charge on any atom is -0.469 e. The van der Waals surface area contributed by atoms with E-state index in [1.807, 2.05) is 6.92 Å². The van der Waals surface area contributed by atoms with Crippen molar-refractivity contribution in [3.63, 3.8) is 0 Å². The summed E-state index contributed by atoms with van der Waals surface area (Å²) in [6.07, 6.45) is 4.49. The van der Waals surface area contributed by atoms with Gasteiger partial charge in [-0.1, -0.05) is 13.8 Å². The molecule has 0 saturated heterocycles. The maximum atomic E-state index is 5.38. The highest BCUT2D eigenvalue weighted by molar-refractivity contribution is 5.15. The second-order valence-corrected chi connectivity index (χ2v) is 6.37. The zero-order valence-electron chi connectivity index (χ0n) is 12.8. The summed E-state index contributed by atoms with van der Waals surface area (Å²) in [6, 6.07) is 2.82. The Morgan fingerprint density at radius 3 is 2.74 bits per heavy atom. The number of hydrogen-bond donors (Lipinski definition) is 1. The number of hydrogen-bond acceptors (Lipinski definition) is 3. The van der Waals surface area contributed by atoms with Crippen LogP contribution in [-0.4, -0.2) is 31.1 Å². The van der Waals surface area contributed by atoms with Crippen LogP contribution in [0.3, 0.4) is 0 Å². The Bertz CT molecular complexity index is 386. The Labute approximate surface area is 117 Å². The Balaban J connectivity index is 1.76. The molecular weight excluding hydrogens is 236 g/mol. The number of rotatable bonds is 7. The first-order chi connectivity index (χ1) is 9.08. The summed E-state index contributed by atoms with van der Waals surface area (Å²) >= 11 is 0. The Morgan fingerprint density at radius 2 is 2.21 bits per heavy atom. The van der Waals surface area contributed by atoms with Gasteiger partial charge in [-0.2, -0.15) is 0 Å². The molecule has 1 aliphatic rings. The second-order valence-electron chi connectivity index (χ2n) is 6.37. The molecule has 1 heterocycles. The van der Waals surface area contributed by atoms with E-state index in [-0.39, 0.29) is 0 Å². The lowest BCUT2D eigenvalue weighted by molar-refractivity contribution is 0.0773. The van der Waals surface area contributed by atoms with Gasteiger partial charge in [-0.05, 0) is 57.8 Å². The van der Waals surface area contributed by atoms with Crippen LogP contribution in [0.1, 0.15) is 38.0 Å². The van der Waals surface area contributed by atoms with Crippen molar-refractivity contribution in [1.82, 2.24) is 10.2 Å².